The Morgan fingerprint density at radius 1 is 1.21 bits per heavy atom. The van der Waals surface area contributed by atoms with Gasteiger partial charge >= 0.3 is 5.97 Å². The molecule has 0 aromatic heterocycles. The SMILES string of the molecule is CC(=O)O[C@]1(C(=O)CO)CC[C@H]2[C@@H]3CCC4=CC(=O)CC[C@]4(C)[C@H]3C(O)C[C@@]21C. The monoisotopic (exact) mass is 404 g/mol. The lowest BCUT2D eigenvalue weighted by atomic mass is 9.45. The van der Waals surface area contributed by atoms with Crippen LogP contribution in [0.1, 0.15) is 65.7 Å². The third kappa shape index (κ3) is 2.71. The third-order valence-corrected chi connectivity index (χ3v) is 8.93. The molecular formula is C23H32O6. The minimum absolute atomic E-state index is 0.0334. The Labute approximate surface area is 171 Å². The Bertz CT molecular complexity index is 786. The molecule has 6 nitrogen and oxygen atoms in total. The maximum atomic E-state index is 12.9. The fraction of sp³-hybridized carbons (Fsp3) is 0.783. The Balaban J connectivity index is 1.76. The lowest BCUT2D eigenvalue weighted by molar-refractivity contribution is -0.200. The molecule has 0 radical (unpaired) electrons. The van der Waals surface area contributed by atoms with Gasteiger partial charge in [-0.05, 0) is 67.8 Å². The number of fused-ring (bicyclic) bond motifs is 5. The highest BCUT2D eigenvalue weighted by atomic mass is 16.6. The normalized spacial score (nSPS) is 46.2. The topological polar surface area (TPSA) is 101 Å². The van der Waals surface area contributed by atoms with Crippen molar-refractivity contribution in [2.45, 2.75) is 77.4 Å². The zero-order valence-corrected chi connectivity index (χ0v) is 17.6. The molecule has 2 N–H and O–H groups in total. The summed E-state index contributed by atoms with van der Waals surface area (Å²) in [6.45, 7) is 4.76. The van der Waals surface area contributed by atoms with E-state index in [0.29, 0.717) is 19.3 Å². The fourth-order valence-electron chi connectivity index (χ4n) is 7.73. The quantitative estimate of drug-likeness (QED) is 0.701. The highest BCUT2D eigenvalue weighted by Gasteiger charge is 2.70. The van der Waals surface area contributed by atoms with Gasteiger partial charge in [-0.3, -0.25) is 14.4 Å². The van der Waals surface area contributed by atoms with Gasteiger partial charge < -0.3 is 14.9 Å². The van der Waals surface area contributed by atoms with Crippen molar-refractivity contribution in [3.8, 4) is 0 Å². The van der Waals surface area contributed by atoms with Crippen LogP contribution in [0, 0.1) is 28.6 Å². The average molecular weight is 405 g/mol. The molecule has 0 aromatic rings. The first-order valence-electron chi connectivity index (χ1n) is 10.8. The van der Waals surface area contributed by atoms with E-state index < -0.39 is 35.5 Å². The lowest BCUT2D eigenvalue weighted by Gasteiger charge is -2.60. The molecule has 0 bridgehead atoms. The van der Waals surface area contributed by atoms with Gasteiger partial charge in [0.15, 0.2) is 11.4 Å². The number of rotatable bonds is 3. The van der Waals surface area contributed by atoms with Crippen molar-refractivity contribution < 1.29 is 29.3 Å². The van der Waals surface area contributed by atoms with Crippen molar-refractivity contribution in [3.63, 3.8) is 0 Å². The zero-order chi connectivity index (χ0) is 21.2. The Kier molecular flexibility index (Phi) is 4.82. The predicted molar refractivity (Wildman–Crippen MR) is 105 cm³/mol. The van der Waals surface area contributed by atoms with Crippen LogP contribution >= 0.6 is 0 Å². The van der Waals surface area contributed by atoms with Crippen LogP contribution in [-0.2, 0) is 19.1 Å². The number of hydrogen-bond acceptors (Lipinski definition) is 6. The highest BCUT2D eigenvalue weighted by molar-refractivity contribution is 5.92. The van der Waals surface area contributed by atoms with Crippen molar-refractivity contribution in [2.24, 2.45) is 28.6 Å². The number of esters is 1. The summed E-state index contributed by atoms with van der Waals surface area (Å²) in [5.41, 5.74) is -1.12. The van der Waals surface area contributed by atoms with Gasteiger partial charge in [-0.15, -0.1) is 0 Å². The van der Waals surface area contributed by atoms with E-state index in [9.17, 15) is 24.6 Å². The number of aliphatic hydroxyl groups is 2. The highest BCUT2D eigenvalue weighted by Crippen LogP contribution is 2.68. The Hall–Kier alpha value is -1.53. The molecule has 0 saturated heterocycles. The van der Waals surface area contributed by atoms with Crippen molar-refractivity contribution in [1.82, 2.24) is 0 Å². The first kappa shape index (κ1) is 20.7. The number of hydrogen-bond donors (Lipinski definition) is 2. The zero-order valence-electron chi connectivity index (χ0n) is 17.6. The van der Waals surface area contributed by atoms with Crippen LogP contribution in [0.5, 0.6) is 0 Å². The van der Waals surface area contributed by atoms with Gasteiger partial charge in [0.1, 0.15) is 6.61 Å². The van der Waals surface area contributed by atoms with Gasteiger partial charge in [-0.2, -0.15) is 0 Å². The molecule has 7 atom stereocenters. The van der Waals surface area contributed by atoms with Crippen LogP contribution < -0.4 is 0 Å². The molecule has 29 heavy (non-hydrogen) atoms. The third-order valence-electron chi connectivity index (χ3n) is 8.93. The molecule has 4 aliphatic rings. The van der Waals surface area contributed by atoms with Crippen LogP contribution in [0.15, 0.2) is 11.6 Å². The second kappa shape index (κ2) is 6.74. The number of aliphatic hydroxyl groups excluding tert-OH is 2. The number of ketones is 2. The van der Waals surface area contributed by atoms with Gasteiger partial charge in [0, 0.05) is 18.8 Å². The van der Waals surface area contributed by atoms with Gasteiger partial charge in [0.05, 0.1) is 6.10 Å². The fourth-order valence-corrected chi connectivity index (χ4v) is 7.73. The summed E-state index contributed by atoms with van der Waals surface area (Å²) in [6.07, 6.45) is 5.59. The summed E-state index contributed by atoms with van der Waals surface area (Å²) in [6, 6.07) is 0. The summed E-state index contributed by atoms with van der Waals surface area (Å²) in [4.78, 5) is 36.8. The number of Topliss-reactive ketones (excluding diaryl/α,β-unsaturated/α-hetero) is 1. The molecule has 1 unspecified atom stereocenters. The average Bonchev–Trinajstić information content (AvgIpc) is 2.93. The molecule has 0 amide bonds. The van der Waals surface area contributed by atoms with Crippen molar-refractivity contribution in [2.75, 3.05) is 6.61 Å². The number of carbonyl (C=O) groups is 3. The number of allylic oxidation sites excluding steroid dienone is 1. The van der Waals surface area contributed by atoms with E-state index in [4.69, 9.17) is 4.74 Å². The summed E-state index contributed by atoms with van der Waals surface area (Å²) >= 11 is 0. The maximum Gasteiger partial charge on any atom is 0.303 e. The second-order valence-electron chi connectivity index (χ2n) is 10.1. The van der Waals surface area contributed by atoms with Crippen molar-refractivity contribution >= 4 is 17.5 Å². The van der Waals surface area contributed by atoms with Gasteiger partial charge in [0.25, 0.3) is 0 Å². The van der Waals surface area contributed by atoms with Crippen LogP contribution in [0.3, 0.4) is 0 Å². The standard InChI is InChI=1S/C23H32O6/c1-13(25)29-23(19(28)12-24)9-7-17-16-5-4-14-10-15(26)6-8-21(14,2)20(16)18(27)11-22(17,23)3/h10,16-18,20,24,27H,4-9,11-12H2,1-3H3/t16-,17-,18?,20+,21-,22-,23-/m0/s1. The molecule has 0 aromatic carbocycles. The van der Waals surface area contributed by atoms with E-state index in [1.54, 1.807) is 6.08 Å². The number of ether oxygens (including phenoxy) is 1. The maximum absolute atomic E-state index is 12.9. The number of carbonyl (C=O) groups excluding carboxylic acids is 3. The van der Waals surface area contributed by atoms with Crippen LogP contribution in [0.2, 0.25) is 0 Å². The Morgan fingerprint density at radius 2 is 1.93 bits per heavy atom. The minimum Gasteiger partial charge on any atom is -0.451 e. The first-order chi connectivity index (χ1) is 13.6. The van der Waals surface area contributed by atoms with Gasteiger partial charge in [-0.25, -0.2) is 0 Å². The summed E-state index contributed by atoms with van der Waals surface area (Å²) in [7, 11) is 0. The van der Waals surface area contributed by atoms with Crippen molar-refractivity contribution in [3.05, 3.63) is 11.6 Å². The van der Waals surface area contributed by atoms with E-state index in [1.165, 1.54) is 6.92 Å². The summed E-state index contributed by atoms with van der Waals surface area (Å²) in [5.74, 6) is -0.462. The summed E-state index contributed by atoms with van der Waals surface area (Å²) in [5, 5.41) is 21.0. The molecule has 6 heteroatoms. The van der Waals surface area contributed by atoms with Gasteiger partial charge in [-0.1, -0.05) is 19.4 Å². The first-order valence-corrected chi connectivity index (χ1v) is 10.8. The van der Waals surface area contributed by atoms with Crippen LogP contribution in [-0.4, -0.2) is 46.1 Å². The molecule has 0 spiro atoms. The van der Waals surface area contributed by atoms with E-state index >= 15 is 0 Å². The molecule has 0 heterocycles. The molecule has 3 fully saturated rings. The molecule has 4 rings (SSSR count). The van der Waals surface area contributed by atoms with Crippen LogP contribution in [0.4, 0.5) is 0 Å². The molecule has 4 aliphatic carbocycles. The van der Waals surface area contributed by atoms with E-state index in [1.807, 2.05) is 6.92 Å². The molecule has 0 aliphatic heterocycles. The largest absolute Gasteiger partial charge is 0.451 e. The molecule has 3 saturated carbocycles. The minimum atomic E-state index is -1.37. The Morgan fingerprint density at radius 3 is 2.59 bits per heavy atom. The van der Waals surface area contributed by atoms with Crippen LogP contribution in [0.25, 0.3) is 0 Å². The summed E-state index contributed by atoms with van der Waals surface area (Å²) < 4.78 is 5.68. The molecular weight excluding hydrogens is 372 g/mol. The second-order valence-corrected chi connectivity index (χ2v) is 10.1. The van der Waals surface area contributed by atoms with E-state index in [2.05, 4.69) is 6.92 Å². The molecule has 160 valence electrons. The lowest BCUT2D eigenvalue weighted by Crippen LogP contribution is -2.63. The predicted octanol–water partition coefficient (Wildman–Crippen LogP) is 2.35. The smallest absolute Gasteiger partial charge is 0.303 e. The van der Waals surface area contributed by atoms with E-state index in [0.717, 1.165) is 31.3 Å². The van der Waals surface area contributed by atoms with Gasteiger partial charge in [0.2, 0.25) is 5.78 Å². The van der Waals surface area contributed by atoms with E-state index in [-0.39, 0.29) is 29.0 Å². The van der Waals surface area contributed by atoms with Crippen molar-refractivity contribution in [1.29, 1.82) is 0 Å².